The molecule has 1 N–H and O–H groups in total. The van der Waals surface area contributed by atoms with Crippen LogP contribution in [0.4, 0.5) is 0 Å². The summed E-state index contributed by atoms with van der Waals surface area (Å²) in [6, 6.07) is 8.33. The summed E-state index contributed by atoms with van der Waals surface area (Å²) in [5, 5.41) is 2.56. The molecule has 0 spiro atoms. The topological polar surface area (TPSA) is 55.4 Å². The van der Waals surface area contributed by atoms with Crippen molar-refractivity contribution in [2.45, 2.75) is 18.9 Å². The van der Waals surface area contributed by atoms with Gasteiger partial charge in [-0.1, -0.05) is 18.2 Å². The SMILES string of the molecule is O=C1CCC(C(=O)Oc2ccccc2)N1. The van der Waals surface area contributed by atoms with E-state index in [1.54, 1.807) is 24.3 Å². The summed E-state index contributed by atoms with van der Waals surface area (Å²) in [6.07, 6.45) is 0.916. The molecule has 1 aromatic rings. The minimum Gasteiger partial charge on any atom is -0.425 e. The molecule has 1 heterocycles. The molecular formula is C11H11NO3. The Kier molecular flexibility index (Phi) is 2.67. The van der Waals surface area contributed by atoms with Crippen LogP contribution < -0.4 is 10.1 Å². The number of benzene rings is 1. The fraction of sp³-hybridized carbons (Fsp3) is 0.273. The molecule has 4 heteroatoms. The van der Waals surface area contributed by atoms with E-state index in [4.69, 9.17) is 4.74 Å². The molecule has 0 aliphatic carbocycles. The Bertz CT molecular complexity index is 375. The highest BCUT2D eigenvalue weighted by molar-refractivity contribution is 5.88. The van der Waals surface area contributed by atoms with Gasteiger partial charge in [0, 0.05) is 6.42 Å². The van der Waals surface area contributed by atoms with Gasteiger partial charge in [-0.15, -0.1) is 0 Å². The highest BCUT2D eigenvalue weighted by atomic mass is 16.5. The second-order valence-corrected chi connectivity index (χ2v) is 3.39. The van der Waals surface area contributed by atoms with E-state index in [2.05, 4.69) is 5.32 Å². The average Bonchev–Trinajstić information content (AvgIpc) is 2.66. The molecule has 1 atom stereocenters. The lowest BCUT2D eigenvalue weighted by molar-refractivity contribution is -0.137. The summed E-state index contributed by atoms with van der Waals surface area (Å²) < 4.78 is 5.09. The predicted octanol–water partition coefficient (Wildman–Crippen LogP) is 0.871. The molecule has 1 fully saturated rings. The summed E-state index contributed by atoms with van der Waals surface area (Å²) in [7, 11) is 0. The van der Waals surface area contributed by atoms with E-state index in [9.17, 15) is 9.59 Å². The van der Waals surface area contributed by atoms with Gasteiger partial charge in [-0.25, -0.2) is 4.79 Å². The van der Waals surface area contributed by atoms with Crippen molar-refractivity contribution >= 4 is 11.9 Å². The summed E-state index contributed by atoms with van der Waals surface area (Å²) >= 11 is 0. The summed E-state index contributed by atoms with van der Waals surface area (Å²) in [4.78, 5) is 22.4. The number of ether oxygens (including phenoxy) is 1. The molecule has 1 unspecified atom stereocenters. The standard InChI is InChI=1S/C11H11NO3/c13-10-7-6-9(12-10)11(14)15-8-4-2-1-3-5-8/h1-5,9H,6-7H2,(H,12,13). The van der Waals surface area contributed by atoms with Crippen molar-refractivity contribution in [3.63, 3.8) is 0 Å². The molecule has 1 saturated heterocycles. The van der Waals surface area contributed by atoms with Crippen LogP contribution in [-0.2, 0) is 9.59 Å². The molecule has 4 nitrogen and oxygen atoms in total. The molecule has 1 aromatic carbocycles. The molecular weight excluding hydrogens is 194 g/mol. The fourth-order valence-corrected chi connectivity index (χ4v) is 1.47. The maximum absolute atomic E-state index is 11.5. The zero-order chi connectivity index (χ0) is 10.7. The second kappa shape index (κ2) is 4.13. The van der Waals surface area contributed by atoms with E-state index < -0.39 is 12.0 Å². The van der Waals surface area contributed by atoms with Crippen LogP contribution in [0.25, 0.3) is 0 Å². The Labute approximate surface area is 87.2 Å². The maximum Gasteiger partial charge on any atom is 0.334 e. The van der Waals surface area contributed by atoms with Crippen LogP contribution in [0, 0.1) is 0 Å². The van der Waals surface area contributed by atoms with Gasteiger partial charge < -0.3 is 10.1 Å². The van der Waals surface area contributed by atoms with Gasteiger partial charge in [0.1, 0.15) is 11.8 Å². The largest absolute Gasteiger partial charge is 0.425 e. The summed E-state index contributed by atoms with van der Waals surface area (Å²) in [5.74, 6) is 0.0145. The van der Waals surface area contributed by atoms with E-state index in [-0.39, 0.29) is 5.91 Å². The molecule has 0 aromatic heterocycles. The number of hydrogen-bond acceptors (Lipinski definition) is 3. The average molecular weight is 205 g/mol. The van der Waals surface area contributed by atoms with Crippen molar-refractivity contribution in [2.75, 3.05) is 0 Å². The van der Waals surface area contributed by atoms with Gasteiger partial charge in [0.25, 0.3) is 0 Å². The zero-order valence-corrected chi connectivity index (χ0v) is 8.10. The van der Waals surface area contributed by atoms with Crippen LogP contribution in [0.15, 0.2) is 30.3 Å². The van der Waals surface area contributed by atoms with E-state index in [1.807, 2.05) is 6.07 Å². The van der Waals surface area contributed by atoms with E-state index >= 15 is 0 Å². The maximum atomic E-state index is 11.5. The Morgan fingerprint density at radius 2 is 2.07 bits per heavy atom. The highest BCUT2D eigenvalue weighted by Crippen LogP contribution is 2.13. The Hall–Kier alpha value is -1.84. The van der Waals surface area contributed by atoms with E-state index in [1.165, 1.54) is 0 Å². The third-order valence-corrected chi connectivity index (χ3v) is 2.24. The Balaban J connectivity index is 1.96. The molecule has 2 rings (SSSR count). The molecule has 15 heavy (non-hydrogen) atoms. The smallest absolute Gasteiger partial charge is 0.334 e. The fourth-order valence-electron chi connectivity index (χ4n) is 1.47. The number of para-hydroxylation sites is 1. The molecule has 0 saturated carbocycles. The van der Waals surface area contributed by atoms with Crippen LogP contribution in [0.3, 0.4) is 0 Å². The van der Waals surface area contributed by atoms with Crippen molar-refractivity contribution in [1.29, 1.82) is 0 Å². The lowest BCUT2D eigenvalue weighted by Crippen LogP contribution is -2.36. The van der Waals surface area contributed by atoms with Gasteiger partial charge in [0.05, 0.1) is 0 Å². The van der Waals surface area contributed by atoms with E-state index in [0.717, 1.165) is 0 Å². The minimum atomic E-state index is -0.488. The second-order valence-electron chi connectivity index (χ2n) is 3.39. The third kappa shape index (κ3) is 2.34. The number of hydrogen-bond donors (Lipinski definition) is 1. The Morgan fingerprint density at radius 3 is 2.67 bits per heavy atom. The van der Waals surface area contributed by atoms with Crippen LogP contribution in [0.2, 0.25) is 0 Å². The molecule has 0 bridgehead atoms. The van der Waals surface area contributed by atoms with Crippen LogP contribution in [0.1, 0.15) is 12.8 Å². The normalized spacial score (nSPS) is 19.7. The van der Waals surface area contributed by atoms with Crippen LogP contribution in [0.5, 0.6) is 5.75 Å². The molecule has 1 aliphatic heterocycles. The first-order valence-corrected chi connectivity index (χ1v) is 4.82. The molecule has 0 radical (unpaired) electrons. The first-order valence-electron chi connectivity index (χ1n) is 4.82. The number of rotatable bonds is 2. The quantitative estimate of drug-likeness (QED) is 0.575. The van der Waals surface area contributed by atoms with Crippen LogP contribution >= 0.6 is 0 Å². The van der Waals surface area contributed by atoms with Crippen molar-refractivity contribution in [3.8, 4) is 5.75 Å². The van der Waals surface area contributed by atoms with Gasteiger partial charge in [0.15, 0.2) is 0 Å². The van der Waals surface area contributed by atoms with Crippen molar-refractivity contribution in [1.82, 2.24) is 5.32 Å². The van der Waals surface area contributed by atoms with Crippen molar-refractivity contribution in [2.24, 2.45) is 0 Å². The highest BCUT2D eigenvalue weighted by Gasteiger charge is 2.28. The minimum absolute atomic E-state index is 0.0926. The zero-order valence-electron chi connectivity index (χ0n) is 8.10. The Morgan fingerprint density at radius 1 is 1.33 bits per heavy atom. The number of amides is 1. The first-order chi connectivity index (χ1) is 7.25. The lowest BCUT2D eigenvalue weighted by Gasteiger charge is -2.09. The molecule has 1 amide bonds. The summed E-state index contributed by atoms with van der Waals surface area (Å²) in [5.41, 5.74) is 0. The van der Waals surface area contributed by atoms with Gasteiger partial charge >= 0.3 is 5.97 Å². The van der Waals surface area contributed by atoms with Gasteiger partial charge in [-0.05, 0) is 18.6 Å². The summed E-state index contributed by atoms with van der Waals surface area (Å²) in [6.45, 7) is 0. The van der Waals surface area contributed by atoms with Gasteiger partial charge in [-0.2, -0.15) is 0 Å². The van der Waals surface area contributed by atoms with Gasteiger partial charge in [-0.3, -0.25) is 4.79 Å². The number of carbonyl (C=O) groups is 2. The third-order valence-electron chi connectivity index (χ3n) is 2.24. The van der Waals surface area contributed by atoms with Crippen LogP contribution in [-0.4, -0.2) is 17.9 Å². The number of nitrogens with one attached hydrogen (secondary N) is 1. The monoisotopic (exact) mass is 205 g/mol. The van der Waals surface area contributed by atoms with Crippen molar-refractivity contribution in [3.05, 3.63) is 30.3 Å². The van der Waals surface area contributed by atoms with Gasteiger partial charge in [0.2, 0.25) is 5.91 Å². The number of esters is 1. The van der Waals surface area contributed by atoms with Crippen molar-refractivity contribution < 1.29 is 14.3 Å². The molecule has 1 aliphatic rings. The molecule has 78 valence electrons. The number of carbonyl (C=O) groups excluding carboxylic acids is 2. The lowest BCUT2D eigenvalue weighted by atomic mass is 10.2. The van der Waals surface area contributed by atoms with E-state index in [0.29, 0.717) is 18.6 Å². The first kappa shape index (κ1) is 9.71. The predicted molar refractivity (Wildman–Crippen MR) is 53.2 cm³/mol.